The first-order valence-corrected chi connectivity index (χ1v) is 6.38. The molecule has 0 rings (SSSR count). The Morgan fingerprint density at radius 3 is 1.64 bits per heavy atom. The maximum Gasteiger partial charge on any atom is 0.336 e. The van der Waals surface area contributed by atoms with Crippen LogP contribution in [0.3, 0.4) is 0 Å². The molecule has 0 heterocycles. The third-order valence-electron chi connectivity index (χ3n) is 2.44. The van der Waals surface area contributed by atoms with E-state index in [4.69, 9.17) is 35.7 Å². The molecule has 0 saturated carbocycles. The maximum atomic E-state index is 10.3. The molecule has 130 valence electrons. The summed E-state index contributed by atoms with van der Waals surface area (Å²) >= 11 is 0. The molecule has 10 nitrogen and oxygen atoms in total. The molecule has 0 bridgehead atoms. The van der Waals surface area contributed by atoms with Gasteiger partial charge in [0.2, 0.25) is 0 Å². The molecular formula is C12H22O10. The van der Waals surface area contributed by atoms with Gasteiger partial charge in [-0.15, -0.1) is 0 Å². The van der Waals surface area contributed by atoms with E-state index >= 15 is 0 Å². The number of aliphatic hydroxyl groups is 4. The zero-order chi connectivity index (χ0) is 17.8. The Labute approximate surface area is 126 Å². The van der Waals surface area contributed by atoms with E-state index in [9.17, 15) is 14.4 Å². The van der Waals surface area contributed by atoms with Gasteiger partial charge in [0.15, 0.2) is 5.60 Å². The first-order chi connectivity index (χ1) is 10.1. The van der Waals surface area contributed by atoms with Gasteiger partial charge in [0.1, 0.15) is 0 Å². The van der Waals surface area contributed by atoms with Crippen LogP contribution in [0.25, 0.3) is 0 Å². The highest BCUT2D eigenvalue weighted by Gasteiger charge is 2.40. The van der Waals surface area contributed by atoms with Crippen LogP contribution in [0.2, 0.25) is 0 Å². The molecule has 1 atom stereocenters. The summed E-state index contributed by atoms with van der Waals surface area (Å²) in [5, 5.41) is 59.2. The lowest BCUT2D eigenvalue weighted by Gasteiger charge is -2.18. The van der Waals surface area contributed by atoms with Crippen molar-refractivity contribution >= 4 is 17.9 Å². The van der Waals surface area contributed by atoms with Crippen molar-refractivity contribution in [3.63, 3.8) is 0 Å². The second-order valence-electron chi connectivity index (χ2n) is 4.53. The van der Waals surface area contributed by atoms with E-state index in [2.05, 4.69) is 0 Å². The lowest BCUT2D eigenvalue weighted by molar-refractivity contribution is -0.170. The molecule has 0 aliphatic rings. The zero-order valence-corrected chi connectivity index (χ0v) is 11.9. The van der Waals surface area contributed by atoms with Crippen LogP contribution in [0.4, 0.5) is 0 Å². The Hall–Kier alpha value is -1.75. The molecule has 0 aliphatic carbocycles. The number of unbranched alkanes of at least 4 members (excludes halogenated alkanes) is 1. The Bertz CT molecular complexity index is 338. The second-order valence-corrected chi connectivity index (χ2v) is 4.53. The van der Waals surface area contributed by atoms with E-state index in [0.29, 0.717) is 12.8 Å². The Morgan fingerprint density at radius 2 is 1.36 bits per heavy atom. The monoisotopic (exact) mass is 326 g/mol. The summed E-state index contributed by atoms with van der Waals surface area (Å²) in [5.74, 6) is -5.02. The molecule has 0 fully saturated rings. The van der Waals surface area contributed by atoms with Crippen molar-refractivity contribution in [2.45, 2.75) is 43.8 Å². The van der Waals surface area contributed by atoms with Gasteiger partial charge in [-0.2, -0.15) is 0 Å². The van der Waals surface area contributed by atoms with E-state index < -0.39 is 42.5 Å². The quantitative estimate of drug-likeness (QED) is 0.226. The fourth-order valence-electron chi connectivity index (χ4n) is 1.30. The van der Waals surface area contributed by atoms with Crippen LogP contribution in [-0.2, 0) is 14.4 Å². The number of carbonyl (C=O) groups is 3. The average Bonchev–Trinajstić information content (AvgIpc) is 2.37. The highest BCUT2D eigenvalue weighted by Crippen LogP contribution is 2.15. The van der Waals surface area contributed by atoms with E-state index in [1.165, 1.54) is 0 Å². The number of carboxylic acid groups (broad SMARTS) is 3. The molecule has 0 radical (unpaired) electrons. The van der Waals surface area contributed by atoms with Crippen molar-refractivity contribution in [2.24, 2.45) is 0 Å². The lowest BCUT2D eigenvalue weighted by atomic mass is 9.96. The Balaban J connectivity index is 0. The van der Waals surface area contributed by atoms with Crippen LogP contribution in [0.15, 0.2) is 0 Å². The van der Waals surface area contributed by atoms with Gasteiger partial charge in [-0.1, -0.05) is 0 Å². The minimum Gasteiger partial charge on any atom is -0.481 e. The molecule has 0 amide bonds. The summed E-state index contributed by atoms with van der Waals surface area (Å²) in [4.78, 5) is 30.5. The van der Waals surface area contributed by atoms with Gasteiger partial charge >= 0.3 is 17.9 Å². The fraction of sp³-hybridized carbons (Fsp3) is 0.750. The summed E-state index contributed by atoms with van der Waals surface area (Å²) in [5.41, 5.74) is -2.74. The lowest BCUT2D eigenvalue weighted by Crippen LogP contribution is -2.42. The first-order valence-electron chi connectivity index (χ1n) is 6.38. The fourth-order valence-corrected chi connectivity index (χ4v) is 1.30. The Morgan fingerprint density at radius 1 is 0.909 bits per heavy atom. The molecule has 1 unspecified atom stereocenters. The minimum absolute atomic E-state index is 0.165. The molecule has 0 aromatic heterocycles. The van der Waals surface area contributed by atoms with Gasteiger partial charge in [0.25, 0.3) is 0 Å². The molecule has 7 N–H and O–H groups in total. The summed E-state index contributed by atoms with van der Waals surface area (Å²) in [6.07, 6.45) is -0.827. The van der Waals surface area contributed by atoms with Gasteiger partial charge in [-0.05, 0) is 19.3 Å². The van der Waals surface area contributed by atoms with Gasteiger partial charge in [-0.25, -0.2) is 4.79 Å². The number of aliphatic hydroxyl groups excluding tert-OH is 3. The maximum absolute atomic E-state index is 10.3. The van der Waals surface area contributed by atoms with Crippen LogP contribution < -0.4 is 0 Å². The van der Waals surface area contributed by atoms with Crippen LogP contribution in [0.1, 0.15) is 32.1 Å². The van der Waals surface area contributed by atoms with Crippen molar-refractivity contribution in [1.29, 1.82) is 0 Å². The number of hydrogen-bond donors (Lipinski definition) is 7. The third-order valence-corrected chi connectivity index (χ3v) is 2.44. The van der Waals surface area contributed by atoms with Crippen molar-refractivity contribution in [2.75, 3.05) is 13.2 Å². The SMILES string of the molecule is O=C(O)CC(O)(CC(=O)O)C(=O)O.OCCCCC(O)CO. The van der Waals surface area contributed by atoms with Crippen molar-refractivity contribution < 1.29 is 50.1 Å². The van der Waals surface area contributed by atoms with Gasteiger partial charge < -0.3 is 35.7 Å². The molecule has 10 heteroatoms. The van der Waals surface area contributed by atoms with Gasteiger partial charge in [-0.3, -0.25) is 9.59 Å². The minimum atomic E-state index is -2.74. The van der Waals surface area contributed by atoms with Crippen LogP contribution in [-0.4, -0.2) is 78.6 Å². The zero-order valence-electron chi connectivity index (χ0n) is 11.9. The predicted octanol–water partition coefficient (Wildman–Crippen LogP) is -1.75. The van der Waals surface area contributed by atoms with E-state index in [1.807, 2.05) is 0 Å². The van der Waals surface area contributed by atoms with E-state index in [1.54, 1.807) is 0 Å². The molecule has 0 aliphatic heterocycles. The topological polar surface area (TPSA) is 193 Å². The Kier molecular flexibility index (Phi) is 12.1. The van der Waals surface area contributed by atoms with Crippen LogP contribution >= 0.6 is 0 Å². The molecular weight excluding hydrogens is 304 g/mol. The highest BCUT2D eigenvalue weighted by atomic mass is 16.4. The molecule has 0 aromatic rings. The van der Waals surface area contributed by atoms with Crippen molar-refractivity contribution in [1.82, 2.24) is 0 Å². The third kappa shape index (κ3) is 12.0. The molecule has 22 heavy (non-hydrogen) atoms. The number of rotatable bonds is 10. The standard InChI is InChI=1S/C6H8O7.C6H14O3/c7-3(8)1-6(13,5(11)12)2-4(9)10;7-4-2-1-3-6(9)5-8/h13H,1-2H2,(H,7,8)(H,9,10)(H,11,12);6-9H,1-5H2. The smallest absolute Gasteiger partial charge is 0.336 e. The summed E-state index contributed by atoms with van der Waals surface area (Å²) in [7, 11) is 0. The number of hydrogen-bond acceptors (Lipinski definition) is 7. The van der Waals surface area contributed by atoms with Crippen molar-refractivity contribution in [3.05, 3.63) is 0 Å². The average molecular weight is 326 g/mol. The number of aliphatic carboxylic acids is 3. The van der Waals surface area contributed by atoms with Gasteiger partial charge in [0.05, 0.1) is 25.6 Å². The first kappa shape index (κ1) is 22.5. The molecule has 0 saturated heterocycles. The highest BCUT2D eigenvalue weighted by molar-refractivity contribution is 5.88. The summed E-state index contributed by atoms with van der Waals surface area (Å²) < 4.78 is 0. The van der Waals surface area contributed by atoms with E-state index in [0.717, 1.165) is 6.42 Å². The number of carboxylic acids is 3. The predicted molar refractivity (Wildman–Crippen MR) is 71.1 cm³/mol. The normalized spacial score (nSPS) is 12.0. The van der Waals surface area contributed by atoms with Crippen LogP contribution in [0, 0.1) is 0 Å². The molecule has 0 aromatic carbocycles. The largest absolute Gasteiger partial charge is 0.481 e. The molecule has 0 spiro atoms. The summed E-state index contributed by atoms with van der Waals surface area (Å²) in [6.45, 7) is -0.0103. The van der Waals surface area contributed by atoms with Crippen LogP contribution in [0.5, 0.6) is 0 Å². The summed E-state index contributed by atoms with van der Waals surface area (Å²) in [6, 6.07) is 0. The van der Waals surface area contributed by atoms with E-state index in [-0.39, 0.29) is 13.2 Å². The second kappa shape index (κ2) is 11.9. The van der Waals surface area contributed by atoms with Gasteiger partial charge in [0, 0.05) is 6.61 Å². The van der Waals surface area contributed by atoms with Crippen molar-refractivity contribution in [3.8, 4) is 0 Å².